The number of aromatic nitrogens is 2. The standard InChI is InChI=1S/C12H13ClN4O3S/c1-7-3-4-8(14)5-9(7)21(18,19)17-12-15-10(13)6-11(16-12)20-2/h3-6H,14H2,1-2H3,(H,15,16,17). The zero-order valence-corrected chi connectivity index (χ0v) is 12.9. The number of nitrogens with zero attached hydrogens (tertiary/aromatic N) is 2. The monoisotopic (exact) mass is 328 g/mol. The van der Waals surface area contributed by atoms with E-state index in [0.717, 1.165) is 0 Å². The molecule has 1 heterocycles. The van der Waals surface area contributed by atoms with Crippen LogP contribution in [0.25, 0.3) is 0 Å². The molecule has 0 aliphatic heterocycles. The van der Waals surface area contributed by atoms with E-state index in [4.69, 9.17) is 22.1 Å². The molecule has 0 atom stereocenters. The number of nitrogens with two attached hydrogens (primary N) is 1. The van der Waals surface area contributed by atoms with Gasteiger partial charge in [0, 0.05) is 11.8 Å². The normalized spacial score (nSPS) is 11.2. The molecule has 7 nitrogen and oxygen atoms in total. The van der Waals surface area contributed by atoms with E-state index in [0.29, 0.717) is 11.3 Å². The number of methoxy groups -OCH3 is 1. The fraction of sp³-hybridized carbons (Fsp3) is 0.167. The van der Waals surface area contributed by atoms with Crippen molar-refractivity contribution in [3.05, 3.63) is 35.0 Å². The second-order valence-electron chi connectivity index (χ2n) is 4.19. The van der Waals surface area contributed by atoms with Gasteiger partial charge in [-0.2, -0.15) is 4.98 Å². The summed E-state index contributed by atoms with van der Waals surface area (Å²) in [5.41, 5.74) is 6.51. The summed E-state index contributed by atoms with van der Waals surface area (Å²) in [5, 5.41) is 0.0591. The molecule has 0 aliphatic carbocycles. The maximum atomic E-state index is 12.4. The second kappa shape index (κ2) is 5.74. The first-order chi connectivity index (χ1) is 9.81. The van der Waals surface area contributed by atoms with Gasteiger partial charge in [0.1, 0.15) is 5.15 Å². The van der Waals surface area contributed by atoms with Gasteiger partial charge >= 0.3 is 0 Å². The molecule has 1 aromatic heterocycles. The maximum Gasteiger partial charge on any atom is 0.264 e. The molecule has 0 saturated heterocycles. The third-order valence-corrected chi connectivity index (χ3v) is 4.27. The molecule has 21 heavy (non-hydrogen) atoms. The van der Waals surface area contributed by atoms with Gasteiger partial charge in [0.05, 0.1) is 12.0 Å². The number of ether oxygens (including phenoxy) is 1. The number of anilines is 2. The molecule has 0 saturated carbocycles. The number of aryl methyl sites for hydroxylation is 1. The number of nitrogens with one attached hydrogen (secondary N) is 1. The Morgan fingerprint density at radius 3 is 2.67 bits per heavy atom. The van der Waals surface area contributed by atoms with E-state index in [1.807, 2.05) is 0 Å². The van der Waals surface area contributed by atoms with Crippen molar-refractivity contribution in [2.24, 2.45) is 0 Å². The van der Waals surface area contributed by atoms with Crippen LogP contribution in [0.5, 0.6) is 5.88 Å². The van der Waals surface area contributed by atoms with Crippen LogP contribution < -0.4 is 15.2 Å². The predicted molar refractivity (Wildman–Crippen MR) is 80.0 cm³/mol. The Bertz CT molecular complexity index is 780. The average molecular weight is 329 g/mol. The van der Waals surface area contributed by atoms with Gasteiger partial charge in [-0.1, -0.05) is 17.7 Å². The van der Waals surface area contributed by atoms with Crippen molar-refractivity contribution in [3.63, 3.8) is 0 Å². The third-order valence-electron chi connectivity index (χ3n) is 2.61. The molecule has 0 radical (unpaired) electrons. The van der Waals surface area contributed by atoms with Crippen LogP contribution in [0.1, 0.15) is 5.56 Å². The number of hydrogen-bond donors (Lipinski definition) is 2. The Morgan fingerprint density at radius 1 is 1.29 bits per heavy atom. The fourth-order valence-electron chi connectivity index (χ4n) is 1.63. The van der Waals surface area contributed by atoms with Gasteiger partial charge in [-0.05, 0) is 24.6 Å². The van der Waals surface area contributed by atoms with Crippen molar-refractivity contribution in [2.45, 2.75) is 11.8 Å². The van der Waals surface area contributed by atoms with Gasteiger partial charge < -0.3 is 10.5 Å². The lowest BCUT2D eigenvalue weighted by Crippen LogP contribution is -2.16. The van der Waals surface area contributed by atoms with Crippen molar-refractivity contribution in [1.29, 1.82) is 0 Å². The topological polar surface area (TPSA) is 107 Å². The molecule has 0 fully saturated rings. The molecule has 9 heteroatoms. The highest BCUT2D eigenvalue weighted by Crippen LogP contribution is 2.22. The Kier molecular flexibility index (Phi) is 4.19. The minimum absolute atomic E-state index is 0.0463. The van der Waals surface area contributed by atoms with Crippen molar-refractivity contribution in [2.75, 3.05) is 17.6 Å². The Balaban J connectivity index is 2.42. The van der Waals surface area contributed by atoms with Gasteiger partial charge in [-0.3, -0.25) is 0 Å². The molecule has 0 aliphatic rings. The molecule has 0 spiro atoms. The lowest BCUT2D eigenvalue weighted by molar-refractivity contribution is 0.397. The van der Waals surface area contributed by atoms with Gasteiger partial charge in [-0.15, -0.1) is 0 Å². The Labute approximate surface area is 127 Å². The summed E-state index contributed by atoms with van der Waals surface area (Å²) in [6.45, 7) is 1.66. The van der Waals surface area contributed by atoms with Crippen molar-refractivity contribution in [1.82, 2.24) is 9.97 Å². The van der Waals surface area contributed by atoms with Gasteiger partial charge in [0.2, 0.25) is 11.8 Å². The zero-order chi connectivity index (χ0) is 15.6. The van der Waals surface area contributed by atoms with Crippen LogP contribution in [0, 0.1) is 6.92 Å². The van der Waals surface area contributed by atoms with Crippen LogP contribution in [0.4, 0.5) is 11.6 Å². The van der Waals surface area contributed by atoms with Crippen LogP contribution in [-0.4, -0.2) is 25.5 Å². The minimum atomic E-state index is -3.88. The first kappa shape index (κ1) is 15.3. The number of rotatable bonds is 4. The zero-order valence-electron chi connectivity index (χ0n) is 11.3. The summed E-state index contributed by atoms with van der Waals surface area (Å²) in [7, 11) is -2.49. The number of benzene rings is 1. The molecular formula is C12H13ClN4O3S. The first-order valence-corrected chi connectivity index (χ1v) is 7.65. The number of nitrogen functional groups attached to an aromatic ring is 1. The van der Waals surface area contributed by atoms with E-state index < -0.39 is 10.0 Å². The molecule has 2 rings (SSSR count). The van der Waals surface area contributed by atoms with Gasteiger partial charge in [0.15, 0.2) is 0 Å². The average Bonchev–Trinajstić information content (AvgIpc) is 2.40. The van der Waals surface area contributed by atoms with Crippen molar-refractivity contribution >= 4 is 33.3 Å². The summed E-state index contributed by atoms with van der Waals surface area (Å²) in [6, 6.07) is 5.96. The quantitative estimate of drug-likeness (QED) is 0.655. The van der Waals surface area contributed by atoms with E-state index in [-0.39, 0.29) is 21.9 Å². The molecule has 0 amide bonds. The summed E-state index contributed by atoms with van der Waals surface area (Å²) in [6.07, 6.45) is 0. The van der Waals surface area contributed by atoms with Crippen LogP contribution in [-0.2, 0) is 10.0 Å². The minimum Gasteiger partial charge on any atom is -0.481 e. The van der Waals surface area contributed by atoms with Gasteiger partial charge in [-0.25, -0.2) is 18.1 Å². The van der Waals surface area contributed by atoms with Crippen LogP contribution >= 0.6 is 11.6 Å². The molecule has 0 bridgehead atoms. The lowest BCUT2D eigenvalue weighted by atomic mass is 10.2. The molecule has 112 valence electrons. The molecule has 0 unspecified atom stereocenters. The molecular weight excluding hydrogens is 316 g/mol. The molecule has 1 aromatic carbocycles. The van der Waals surface area contributed by atoms with Crippen LogP contribution in [0.3, 0.4) is 0 Å². The highest BCUT2D eigenvalue weighted by atomic mass is 35.5. The lowest BCUT2D eigenvalue weighted by Gasteiger charge is -2.10. The number of halogens is 1. The Morgan fingerprint density at radius 2 is 2.00 bits per heavy atom. The van der Waals surface area contributed by atoms with E-state index in [1.54, 1.807) is 19.1 Å². The summed E-state index contributed by atoms with van der Waals surface area (Å²) in [4.78, 5) is 7.72. The van der Waals surface area contributed by atoms with Crippen LogP contribution in [0.2, 0.25) is 5.15 Å². The number of hydrogen-bond acceptors (Lipinski definition) is 6. The molecule has 2 aromatic rings. The largest absolute Gasteiger partial charge is 0.481 e. The first-order valence-electron chi connectivity index (χ1n) is 5.79. The van der Waals surface area contributed by atoms with Gasteiger partial charge in [0.25, 0.3) is 10.0 Å². The highest BCUT2D eigenvalue weighted by molar-refractivity contribution is 7.92. The fourth-order valence-corrected chi connectivity index (χ4v) is 3.03. The van der Waals surface area contributed by atoms with E-state index >= 15 is 0 Å². The Hall–Kier alpha value is -2.06. The van der Waals surface area contributed by atoms with E-state index in [2.05, 4.69) is 14.7 Å². The second-order valence-corrected chi connectivity index (χ2v) is 6.23. The highest BCUT2D eigenvalue weighted by Gasteiger charge is 2.19. The molecule has 3 N–H and O–H groups in total. The maximum absolute atomic E-state index is 12.4. The summed E-state index contributed by atoms with van der Waals surface area (Å²) >= 11 is 5.77. The van der Waals surface area contributed by atoms with E-state index in [1.165, 1.54) is 19.2 Å². The number of sulfonamides is 1. The summed E-state index contributed by atoms with van der Waals surface area (Å²) in [5.74, 6) is -0.0295. The smallest absolute Gasteiger partial charge is 0.264 e. The predicted octanol–water partition coefficient (Wildman–Crippen LogP) is 1.83. The third kappa shape index (κ3) is 3.53. The van der Waals surface area contributed by atoms with Crippen molar-refractivity contribution in [3.8, 4) is 5.88 Å². The van der Waals surface area contributed by atoms with E-state index in [9.17, 15) is 8.42 Å². The SMILES string of the molecule is COc1cc(Cl)nc(NS(=O)(=O)c2cc(N)ccc2C)n1. The van der Waals surface area contributed by atoms with Crippen LogP contribution in [0.15, 0.2) is 29.2 Å². The van der Waals surface area contributed by atoms with Crippen molar-refractivity contribution < 1.29 is 13.2 Å². The summed E-state index contributed by atoms with van der Waals surface area (Å²) < 4.78 is 31.9.